The first-order valence-corrected chi connectivity index (χ1v) is 8.07. The first-order chi connectivity index (χ1) is 10.6. The standard InChI is InChI=1S/C17H27N3O2/c1-14(18)15-6-5-10-20(12-15)13-17(21)19-9-11-22-16-7-3-2-4-8-16/h2-4,7-8,14-15H,5-6,9-13,18H2,1H3,(H,19,21). The van der Waals surface area contributed by atoms with E-state index in [1.807, 2.05) is 30.3 Å². The number of nitrogens with one attached hydrogen (secondary N) is 1. The minimum Gasteiger partial charge on any atom is -0.492 e. The first-order valence-electron chi connectivity index (χ1n) is 8.07. The fraction of sp³-hybridized carbons (Fsp3) is 0.588. The molecule has 22 heavy (non-hydrogen) atoms. The Hall–Kier alpha value is -1.59. The molecule has 1 aliphatic heterocycles. The molecule has 0 aliphatic carbocycles. The van der Waals surface area contributed by atoms with Crippen molar-refractivity contribution in [3.8, 4) is 5.75 Å². The van der Waals surface area contributed by atoms with E-state index in [0.717, 1.165) is 25.3 Å². The normalized spacial score (nSPS) is 20.4. The molecule has 3 N–H and O–H groups in total. The summed E-state index contributed by atoms with van der Waals surface area (Å²) in [7, 11) is 0. The molecule has 2 unspecified atom stereocenters. The topological polar surface area (TPSA) is 67.6 Å². The molecule has 0 spiro atoms. The van der Waals surface area contributed by atoms with Crippen molar-refractivity contribution in [2.24, 2.45) is 11.7 Å². The maximum absolute atomic E-state index is 12.0. The number of nitrogens with zero attached hydrogens (tertiary/aromatic N) is 1. The van der Waals surface area contributed by atoms with E-state index in [-0.39, 0.29) is 11.9 Å². The van der Waals surface area contributed by atoms with Crippen LogP contribution in [-0.2, 0) is 4.79 Å². The maximum Gasteiger partial charge on any atom is 0.234 e. The van der Waals surface area contributed by atoms with Crippen LogP contribution in [0.2, 0.25) is 0 Å². The Kier molecular flexibility index (Phi) is 6.68. The van der Waals surface area contributed by atoms with Crippen LogP contribution in [0.15, 0.2) is 30.3 Å². The summed E-state index contributed by atoms with van der Waals surface area (Å²) in [5, 5.41) is 2.91. The highest BCUT2D eigenvalue weighted by atomic mass is 16.5. The number of nitrogens with two attached hydrogens (primary N) is 1. The highest BCUT2D eigenvalue weighted by Crippen LogP contribution is 2.18. The molecule has 0 saturated carbocycles. The Balaban J connectivity index is 1.61. The zero-order valence-corrected chi connectivity index (χ0v) is 13.3. The van der Waals surface area contributed by atoms with E-state index in [4.69, 9.17) is 10.5 Å². The molecule has 2 atom stereocenters. The number of carbonyl (C=O) groups is 1. The van der Waals surface area contributed by atoms with Gasteiger partial charge in [-0.2, -0.15) is 0 Å². The van der Waals surface area contributed by atoms with Crippen LogP contribution in [0.4, 0.5) is 0 Å². The van der Waals surface area contributed by atoms with Crippen molar-refractivity contribution in [1.82, 2.24) is 10.2 Å². The van der Waals surface area contributed by atoms with E-state index in [2.05, 4.69) is 17.1 Å². The van der Waals surface area contributed by atoms with Gasteiger partial charge in [-0.3, -0.25) is 9.69 Å². The van der Waals surface area contributed by atoms with E-state index in [0.29, 0.717) is 25.6 Å². The molecule has 2 rings (SSSR count). The van der Waals surface area contributed by atoms with Gasteiger partial charge in [-0.05, 0) is 44.4 Å². The van der Waals surface area contributed by atoms with Gasteiger partial charge in [0, 0.05) is 12.6 Å². The molecule has 1 aromatic rings. The summed E-state index contributed by atoms with van der Waals surface area (Å²) in [5.41, 5.74) is 5.97. The molecule has 5 heteroatoms. The zero-order valence-electron chi connectivity index (χ0n) is 13.3. The maximum atomic E-state index is 12.0. The molecule has 1 amide bonds. The summed E-state index contributed by atoms with van der Waals surface area (Å²) in [6, 6.07) is 9.82. The van der Waals surface area contributed by atoms with Crippen molar-refractivity contribution in [3.05, 3.63) is 30.3 Å². The fourth-order valence-corrected chi connectivity index (χ4v) is 2.80. The second-order valence-corrected chi connectivity index (χ2v) is 6.01. The molecular weight excluding hydrogens is 278 g/mol. The number of ether oxygens (including phenoxy) is 1. The van der Waals surface area contributed by atoms with Crippen LogP contribution in [0, 0.1) is 5.92 Å². The van der Waals surface area contributed by atoms with Crippen molar-refractivity contribution < 1.29 is 9.53 Å². The molecule has 0 radical (unpaired) electrons. The van der Waals surface area contributed by atoms with E-state index in [1.54, 1.807) is 0 Å². The van der Waals surface area contributed by atoms with Crippen molar-refractivity contribution in [3.63, 3.8) is 0 Å². The van der Waals surface area contributed by atoms with Crippen molar-refractivity contribution >= 4 is 5.91 Å². The van der Waals surface area contributed by atoms with Gasteiger partial charge in [0.15, 0.2) is 0 Å². The van der Waals surface area contributed by atoms with Gasteiger partial charge in [0.2, 0.25) is 5.91 Å². The van der Waals surface area contributed by atoms with Gasteiger partial charge in [-0.25, -0.2) is 0 Å². The second kappa shape index (κ2) is 8.76. The van der Waals surface area contributed by atoms with E-state index in [9.17, 15) is 4.79 Å². The van der Waals surface area contributed by atoms with Crippen LogP contribution in [0.25, 0.3) is 0 Å². The van der Waals surface area contributed by atoms with Gasteiger partial charge >= 0.3 is 0 Å². The van der Waals surface area contributed by atoms with Gasteiger partial charge in [-0.15, -0.1) is 0 Å². The Morgan fingerprint density at radius 1 is 1.45 bits per heavy atom. The highest BCUT2D eigenvalue weighted by molar-refractivity contribution is 5.78. The number of para-hydroxylation sites is 1. The monoisotopic (exact) mass is 305 g/mol. The van der Waals surface area contributed by atoms with Gasteiger partial charge in [0.25, 0.3) is 0 Å². The highest BCUT2D eigenvalue weighted by Gasteiger charge is 2.23. The third-order valence-corrected chi connectivity index (χ3v) is 4.09. The first kappa shape index (κ1) is 16.8. The van der Waals surface area contributed by atoms with Gasteiger partial charge in [0.05, 0.1) is 13.1 Å². The lowest BCUT2D eigenvalue weighted by molar-refractivity contribution is -0.122. The van der Waals surface area contributed by atoms with Gasteiger partial charge < -0.3 is 15.8 Å². The quantitative estimate of drug-likeness (QED) is 0.744. The SMILES string of the molecule is CC(N)C1CCCN(CC(=O)NCCOc2ccccc2)C1. The van der Waals surface area contributed by atoms with Crippen LogP contribution in [0.5, 0.6) is 5.75 Å². The Labute approximate surface area is 132 Å². The summed E-state index contributed by atoms with van der Waals surface area (Å²) in [4.78, 5) is 14.2. The molecule has 1 aromatic carbocycles. The molecule has 0 bridgehead atoms. The fourth-order valence-electron chi connectivity index (χ4n) is 2.80. The molecular formula is C17H27N3O2. The number of hydrogen-bond donors (Lipinski definition) is 2. The van der Waals surface area contributed by atoms with Crippen LogP contribution in [0.1, 0.15) is 19.8 Å². The largest absolute Gasteiger partial charge is 0.492 e. The van der Waals surface area contributed by atoms with Crippen molar-refractivity contribution in [2.45, 2.75) is 25.8 Å². The molecule has 1 saturated heterocycles. The smallest absolute Gasteiger partial charge is 0.234 e. The predicted molar refractivity (Wildman–Crippen MR) is 87.8 cm³/mol. The summed E-state index contributed by atoms with van der Waals surface area (Å²) < 4.78 is 5.55. The number of hydrogen-bond acceptors (Lipinski definition) is 4. The average Bonchev–Trinajstić information content (AvgIpc) is 2.53. The number of amides is 1. The van der Waals surface area contributed by atoms with Crippen molar-refractivity contribution in [2.75, 3.05) is 32.8 Å². The number of rotatable bonds is 7. The Bertz CT molecular complexity index is 450. The molecule has 122 valence electrons. The van der Waals surface area contributed by atoms with Crippen LogP contribution >= 0.6 is 0 Å². The third-order valence-electron chi connectivity index (χ3n) is 4.09. The van der Waals surface area contributed by atoms with Crippen LogP contribution < -0.4 is 15.8 Å². The van der Waals surface area contributed by atoms with Gasteiger partial charge in [0.1, 0.15) is 12.4 Å². The van der Waals surface area contributed by atoms with E-state index in [1.165, 1.54) is 6.42 Å². The van der Waals surface area contributed by atoms with Gasteiger partial charge in [-0.1, -0.05) is 18.2 Å². The molecule has 0 aromatic heterocycles. The number of carbonyl (C=O) groups excluding carboxylic acids is 1. The molecule has 1 aliphatic rings. The molecule has 5 nitrogen and oxygen atoms in total. The zero-order chi connectivity index (χ0) is 15.8. The lowest BCUT2D eigenvalue weighted by atomic mass is 9.92. The third kappa shape index (κ3) is 5.66. The summed E-state index contributed by atoms with van der Waals surface area (Å²) in [5.74, 6) is 1.39. The molecule has 1 heterocycles. The minimum atomic E-state index is 0.0574. The summed E-state index contributed by atoms with van der Waals surface area (Å²) in [6.45, 7) is 5.42. The average molecular weight is 305 g/mol. The van der Waals surface area contributed by atoms with E-state index >= 15 is 0 Å². The van der Waals surface area contributed by atoms with Crippen LogP contribution in [-0.4, -0.2) is 49.6 Å². The van der Waals surface area contributed by atoms with Crippen LogP contribution in [0.3, 0.4) is 0 Å². The van der Waals surface area contributed by atoms with E-state index < -0.39 is 0 Å². The number of likely N-dealkylation sites (tertiary alicyclic amines) is 1. The Morgan fingerprint density at radius 3 is 2.95 bits per heavy atom. The number of benzene rings is 1. The predicted octanol–water partition coefficient (Wildman–Crippen LogP) is 1.24. The van der Waals surface area contributed by atoms with Crippen molar-refractivity contribution in [1.29, 1.82) is 0 Å². The Morgan fingerprint density at radius 2 is 2.23 bits per heavy atom. The lowest BCUT2D eigenvalue weighted by Crippen LogP contribution is -2.46. The lowest BCUT2D eigenvalue weighted by Gasteiger charge is -2.34. The summed E-state index contributed by atoms with van der Waals surface area (Å²) in [6.07, 6.45) is 2.29. The second-order valence-electron chi connectivity index (χ2n) is 6.01. The molecule has 1 fully saturated rings. The summed E-state index contributed by atoms with van der Waals surface area (Å²) >= 11 is 0. The number of piperidine rings is 1. The minimum absolute atomic E-state index is 0.0574.